The third kappa shape index (κ3) is 2.85. The van der Waals surface area contributed by atoms with Crippen LogP contribution in [0.5, 0.6) is 0 Å². The topological polar surface area (TPSA) is 0 Å². The summed E-state index contributed by atoms with van der Waals surface area (Å²) in [7, 11) is 0. The van der Waals surface area contributed by atoms with E-state index in [-0.39, 0.29) is 0 Å². The molecule has 0 atom stereocenters. The maximum absolute atomic E-state index is 4.19. The van der Waals surface area contributed by atoms with Crippen LogP contribution in [0.1, 0.15) is 32.1 Å². The molecule has 0 spiro atoms. The largest absolute Gasteiger partial charge is 0.168 e. The zero-order chi connectivity index (χ0) is 6.53. The van der Waals surface area contributed by atoms with E-state index in [0.717, 1.165) is 10.3 Å². The first kappa shape index (κ1) is 7.80. The molecular weight excluding hydrogens is 148 g/mol. The van der Waals surface area contributed by atoms with Gasteiger partial charge in [-0.3, -0.25) is 0 Å². The van der Waals surface area contributed by atoms with Gasteiger partial charge in [0.2, 0.25) is 0 Å². The number of thioether (sulfide) groups is 1. The highest BCUT2D eigenvalue weighted by molar-refractivity contribution is 8.09. The lowest BCUT2D eigenvalue weighted by molar-refractivity contribution is 0.516. The van der Waals surface area contributed by atoms with Gasteiger partial charge in [0, 0.05) is 10.3 Å². The summed E-state index contributed by atoms with van der Waals surface area (Å²) >= 11 is 6.21. The van der Waals surface area contributed by atoms with Crippen LogP contribution in [0, 0.1) is 0 Å². The van der Waals surface area contributed by atoms with E-state index in [9.17, 15) is 0 Å². The minimum absolute atomic E-state index is 0.941. The van der Waals surface area contributed by atoms with Gasteiger partial charge in [-0.25, -0.2) is 0 Å². The average Bonchev–Trinajstić information content (AvgIpc) is 1.91. The van der Waals surface area contributed by atoms with Crippen LogP contribution in [-0.2, 0) is 0 Å². The molecule has 0 saturated heterocycles. The molecule has 0 radical (unpaired) electrons. The van der Waals surface area contributed by atoms with E-state index >= 15 is 0 Å². The van der Waals surface area contributed by atoms with Gasteiger partial charge < -0.3 is 0 Å². The van der Waals surface area contributed by atoms with E-state index in [1.54, 1.807) is 0 Å². The zero-order valence-corrected chi connectivity index (χ0v) is 7.39. The maximum atomic E-state index is 4.19. The molecule has 0 bridgehead atoms. The quantitative estimate of drug-likeness (QED) is 0.481. The van der Waals surface area contributed by atoms with Gasteiger partial charge in [0.15, 0.2) is 0 Å². The van der Waals surface area contributed by atoms with Crippen molar-refractivity contribution in [2.75, 3.05) is 5.08 Å². The highest BCUT2D eigenvalue weighted by Crippen LogP contribution is 2.28. The second-order valence-electron chi connectivity index (χ2n) is 2.56. The Hall–Kier alpha value is 0.700. The fourth-order valence-electron chi connectivity index (χ4n) is 1.34. The number of hydrogen-bond acceptors (Lipinski definition) is 2. The fourth-order valence-corrected chi connectivity index (χ4v) is 2.85. The normalized spacial score (nSPS) is 22.3. The third-order valence-corrected chi connectivity index (χ3v) is 3.40. The van der Waals surface area contributed by atoms with Crippen LogP contribution in [0.25, 0.3) is 0 Å². The highest BCUT2D eigenvalue weighted by atomic mass is 32.2. The molecule has 54 valence electrons. The molecule has 0 aromatic rings. The molecule has 0 aromatic heterocycles. The Morgan fingerprint density at radius 3 is 2.44 bits per heavy atom. The van der Waals surface area contributed by atoms with Crippen molar-refractivity contribution in [1.29, 1.82) is 0 Å². The molecule has 0 nitrogen and oxygen atoms in total. The SMILES string of the molecule is SCSC1CCCCC1. The van der Waals surface area contributed by atoms with Crippen molar-refractivity contribution >= 4 is 24.4 Å². The van der Waals surface area contributed by atoms with Crippen LogP contribution in [0.4, 0.5) is 0 Å². The van der Waals surface area contributed by atoms with Gasteiger partial charge in [-0.15, -0.1) is 11.8 Å². The Morgan fingerprint density at radius 1 is 1.22 bits per heavy atom. The van der Waals surface area contributed by atoms with Crippen molar-refractivity contribution in [3.63, 3.8) is 0 Å². The first-order chi connectivity index (χ1) is 4.43. The molecule has 0 amide bonds. The van der Waals surface area contributed by atoms with Crippen molar-refractivity contribution in [1.82, 2.24) is 0 Å². The molecule has 9 heavy (non-hydrogen) atoms. The van der Waals surface area contributed by atoms with Crippen LogP contribution in [0.2, 0.25) is 0 Å². The minimum Gasteiger partial charge on any atom is -0.168 e. The lowest BCUT2D eigenvalue weighted by Gasteiger charge is -2.19. The highest BCUT2D eigenvalue weighted by Gasteiger charge is 2.11. The molecular formula is C7H14S2. The molecule has 0 heterocycles. The molecule has 2 heteroatoms. The van der Waals surface area contributed by atoms with Crippen molar-refractivity contribution < 1.29 is 0 Å². The summed E-state index contributed by atoms with van der Waals surface area (Å²) in [4.78, 5) is 0. The molecule has 0 aromatic carbocycles. The van der Waals surface area contributed by atoms with Crippen LogP contribution < -0.4 is 0 Å². The maximum Gasteiger partial charge on any atom is 0.0364 e. The molecule has 1 aliphatic rings. The predicted octanol–water partition coefficient (Wildman–Crippen LogP) is 2.94. The van der Waals surface area contributed by atoms with Gasteiger partial charge in [0.1, 0.15) is 0 Å². The van der Waals surface area contributed by atoms with E-state index in [4.69, 9.17) is 0 Å². The van der Waals surface area contributed by atoms with Gasteiger partial charge in [-0.2, -0.15) is 12.6 Å². The molecule has 1 saturated carbocycles. The number of rotatable bonds is 2. The summed E-state index contributed by atoms with van der Waals surface area (Å²) in [5, 5.41) is 1.95. The van der Waals surface area contributed by atoms with Crippen molar-refractivity contribution in [3.05, 3.63) is 0 Å². The van der Waals surface area contributed by atoms with Crippen LogP contribution >= 0.6 is 24.4 Å². The van der Waals surface area contributed by atoms with Crippen molar-refractivity contribution in [3.8, 4) is 0 Å². The minimum atomic E-state index is 0.941. The number of hydrogen-bond donors (Lipinski definition) is 1. The molecule has 0 N–H and O–H groups in total. The molecule has 1 rings (SSSR count). The molecule has 0 aliphatic heterocycles. The zero-order valence-electron chi connectivity index (χ0n) is 5.68. The summed E-state index contributed by atoms with van der Waals surface area (Å²) < 4.78 is 0. The van der Waals surface area contributed by atoms with Gasteiger partial charge in [-0.05, 0) is 12.8 Å². The van der Waals surface area contributed by atoms with E-state index in [1.807, 2.05) is 11.8 Å². The summed E-state index contributed by atoms with van der Waals surface area (Å²) in [5.74, 6) is 0. The molecule has 0 unspecified atom stereocenters. The Labute approximate surface area is 67.2 Å². The summed E-state index contributed by atoms with van der Waals surface area (Å²) in [6, 6.07) is 0. The Morgan fingerprint density at radius 2 is 1.89 bits per heavy atom. The summed E-state index contributed by atoms with van der Waals surface area (Å²) in [5.41, 5.74) is 0. The van der Waals surface area contributed by atoms with Gasteiger partial charge in [-0.1, -0.05) is 19.3 Å². The van der Waals surface area contributed by atoms with E-state index in [2.05, 4.69) is 12.6 Å². The molecule has 1 aliphatic carbocycles. The second-order valence-corrected chi connectivity index (χ2v) is 4.59. The van der Waals surface area contributed by atoms with Gasteiger partial charge in [0.05, 0.1) is 0 Å². The van der Waals surface area contributed by atoms with Gasteiger partial charge in [0.25, 0.3) is 0 Å². The first-order valence-electron chi connectivity index (χ1n) is 3.66. The average molecular weight is 162 g/mol. The van der Waals surface area contributed by atoms with Crippen LogP contribution in [0.15, 0.2) is 0 Å². The van der Waals surface area contributed by atoms with Crippen LogP contribution in [-0.4, -0.2) is 10.3 Å². The molecule has 1 fully saturated rings. The Bertz CT molecular complexity index is 64.6. The van der Waals surface area contributed by atoms with Gasteiger partial charge >= 0.3 is 0 Å². The van der Waals surface area contributed by atoms with E-state index in [0.29, 0.717) is 0 Å². The lowest BCUT2D eigenvalue weighted by atomic mass is 10.0. The first-order valence-corrected chi connectivity index (χ1v) is 5.34. The smallest absolute Gasteiger partial charge is 0.0364 e. The fraction of sp³-hybridized carbons (Fsp3) is 1.00. The third-order valence-electron chi connectivity index (χ3n) is 1.86. The van der Waals surface area contributed by atoms with Crippen LogP contribution in [0.3, 0.4) is 0 Å². The van der Waals surface area contributed by atoms with Crippen molar-refractivity contribution in [2.24, 2.45) is 0 Å². The Kier molecular flexibility index (Phi) is 3.91. The lowest BCUT2D eigenvalue weighted by Crippen LogP contribution is -2.07. The van der Waals surface area contributed by atoms with E-state index in [1.165, 1.54) is 32.1 Å². The summed E-state index contributed by atoms with van der Waals surface area (Å²) in [6.07, 6.45) is 7.23. The summed E-state index contributed by atoms with van der Waals surface area (Å²) in [6.45, 7) is 0. The Balaban J connectivity index is 2.08. The van der Waals surface area contributed by atoms with E-state index < -0.39 is 0 Å². The predicted molar refractivity (Wildman–Crippen MR) is 48.3 cm³/mol. The standard InChI is InChI=1S/C7H14S2/c8-6-9-7-4-2-1-3-5-7/h7-8H,1-6H2. The second kappa shape index (κ2) is 4.51. The monoisotopic (exact) mass is 162 g/mol. The number of thiol groups is 1. The van der Waals surface area contributed by atoms with Crippen molar-refractivity contribution in [2.45, 2.75) is 37.4 Å².